The third-order valence-electron chi connectivity index (χ3n) is 6.13. The van der Waals surface area contributed by atoms with Gasteiger partial charge in [-0.1, -0.05) is 26.8 Å². The third kappa shape index (κ3) is 4.23. The number of thiophene rings is 1. The highest BCUT2D eigenvalue weighted by molar-refractivity contribution is 7.16. The molecule has 0 aliphatic heterocycles. The fourth-order valence-corrected chi connectivity index (χ4v) is 5.43. The van der Waals surface area contributed by atoms with E-state index in [4.69, 9.17) is 4.42 Å². The largest absolute Gasteiger partial charge is 0.455 e. The second kappa shape index (κ2) is 8.36. The van der Waals surface area contributed by atoms with Gasteiger partial charge in [-0.05, 0) is 66.8 Å². The molecule has 1 aromatic carbocycles. The zero-order valence-electron chi connectivity index (χ0n) is 18.6. The van der Waals surface area contributed by atoms with Crippen molar-refractivity contribution in [3.8, 4) is 17.4 Å². The van der Waals surface area contributed by atoms with Gasteiger partial charge < -0.3 is 4.42 Å². The maximum atomic E-state index is 11.4. The number of aryl methyl sites for hydroxylation is 1. The van der Waals surface area contributed by atoms with Crippen LogP contribution in [0.2, 0.25) is 0 Å². The topological polar surface area (TPSA) is 92.4 Å². The van der Waals surface area contributed by atoms with Crippen LogP contribution in [0.4, 0.5) is 10.7 Å². The molecule has 32 heavy (non-hydrogen) atoms. The van der Waals surface area contributed by atoms with Gasteiger partial charge in [0.15, 0.2) is 0 Å². The van der Waals surface area contributed by atoms with Gasteiger partial charge in [0.2, 0.25) is 0 Å². The van der Waals surface area contributed by atoms with Crippen molar-refractivity contribution in [1.29, 1.82) is 5.26 Å². The fraction of sp³-hybridized carbons (Fsp3) is 0.360. The van der Waals surface area contributed by atoms with Crippen LogP contribution in [0.1, 0.15) is 54.5 Å². The Morgan fingerprint density at radius 2 is 2.09 bits per heavy atom. The molecule has 6 nitrogen and oxygen atoms in total. The van der Waals surface area contributed by atoms with Gasteiger partial charge >= 0.3 is 0 Å². The van der Waals surface area contributed by atoms with E-state index in [-0.39, 0.29) is 11.1 Å². The lowest BCUT2D eigenvalue weighted by Gasteiger charge is -2.33. The zero-order valence-corrected chi connectivity index (χ0v) is 19.5. The molecule has 1 aliphatic rings. The first-order valence-electron chi connectivity index (χ1n) is 10.6. The number of benzene rings is 1. The molecule has 2 aromatic heterocycles. The Morgan fingerprint density at radius 1 is 1.31 bits per heavy atom. The van der Waals surface area contributed by atoms with Gasteiger partial charge in [0.25, 0.3) is 5.69 Å². The third-order valence-corrected chi connectivity index (χ3v) is 7.30. The monoisotopic (exact) mass is 447 g/mol. The minimum atomic E-state index is -0.404. The summed E-state index contributed by atoms with van der Waals surface area (Å²) >= 11 is 1.59. The van der Waals surface area contributed by atoms with Gasteiger partial charge in [-0.25, -0.2) is 4.99 Å². The molecule has 7 heteroatoms. The predicted octanol–water partition coefficient (Wildman–Crippen LogP) is 7.00. The highest BCUT2D eigenvalue weighted by Crippen LogP contribution is 2.45. The summed E-state index contributed by atoms with van der Waals surface area (Å²) in [5.41, 5.74) is 3.29. The van der Waals surface area contributed by atoms with Crippen molar-refractivity contribution in [2.24, 2.45) is 16.3 Å². The van der Waals surface area contributed by atoms with Crippen molar-refractivity contribution in [2.45, 2.75) is 47.0 Å². The molecule has 164 valence electrons. The van der Waals surface area contributed by atoms with Crippen LogP contribution < -0.4 is 0 Å². The molecule has 3 aromatic rings. The van der Waals surface area contributed by atoms with Crippen molar-refractivity contribution >= 4 is 28.2 Å². The quantitative estimate of drug-likeness (QED) is 0.244. The maximum absolute atomic E-state index is 11.4. The molecule has 0 radical (unpaired) electrons. The average molecular weight is 448 g/mol. The van der Waals surface area contributed by atoms with E-state index >= 15 is 0 Å². The summed E-state index contributed by atoms with van der Waals surface area (Å²) < 4.78 is 5.83. The van der Waals surface area contributed by atoms with Crippen molar-refractivity contribution in [1.82, 2.24) is 0 Å². The molecule has 0 bridgehead atoms. The van der Waals surface area contributed by atoms with E-state index in [1.54, 1.807) is 35.8 Å². The number of fused-ring (bicyclic) bond motifs is 1. The molecule has 2 heterocycles. The minimum absolute atomic E-state index is 0.00828. The second-order valence-corrected chi connectivity index (χ2v) is 10.4. The standard InChI is InChI=1S/C25H25N3O3S/c1-15-5-8-19(21(11-15)28(29)30)22-10-7-17(31-22)14-27-24-20(13-26)18-9-6-16(25(2,3)4)12-23(18)32-24/h5,7-8,10-11,14,16H,6,9,12H2,1-4H3/t16-/m1/s1. The Kier molecular flexibility index (Phi) is 5.74. The molecular formula is C25H25N3O3S. The lowest BCUT2D eigenvalue weighted by atomic mass is 9.72. The smallest absolute Gasteiger partial charge is 0.280 e. The summed E-state index contributed by atoms with van der Waals surface area (Å²) in [6.45, 7) is 8.63. The minimum Gasteiger partial charge on any atom is -0.455 e. The van der Waals surface area contributed by atoms with Gasteiger partial charge in [0.1, 0.15) is 22.6 Å². The van der Waals surface area contributed by atoms with Crippen LogP contribution in [0.25, 0.3) is 11.3 Å². The average Bonchev–Trinajstić information content (AvgIpc) is 3.34. The number of nitriles is 1. The Balaban J connectivity index is 1.61. The summed E-state index contributed by atoms with van der Waals surface area (Å²) in [6.07, 6.45) is 4.56. The first-order valence-corrected chi connectivity index (χ1v) is 11.4. The molecule has 0 saturated carbocycles. The van der Waals surface area contributed by atoms with Gasteiger partial charge in [-0.15, -0.1) is 11.3 Å². The number of aliphatic imine (C=N–C) groups is 1. The predicted molar refractivity (Wildman–Crippen MR) is 127 cm³/mol. The molecule has 0 saturated heterocycles. The van der Waals surface area contributed by atoms with Gasteiger partial charge in [0, 0.05) is 10.9 Å². The summed E-state index contributed by atoms with van der Waals surface area (Å²) in [6, 6.07) is 10.8. The maximum Gasteiger partial charge on any atom is 0.280 e. The van der Waals surface area contributed by atoms with E-state index in [9.17, 15) is 15.4 Å². The summed E-state index contributed by atoms with van der Waals surface area (Å²) in [5, 5.41) is 21.9. The molecule has 1 aliphatic carbocycles. The summed E-state index contributed by atoms with van der Waals surface area (Å²) in [4.78, 5) is 16.8. The Morgan fingerprint density at radius 3 is 2.78 bits per heavy atom. The van der Waals surface area contributed by atoms with Crippen LogP contribution in [-0.4, -0.2) is 11.1 Å². The molecule has 0 fully saturated rings. The van der Waals surface area contributed by atoms with Crippen LogP contribution in [-0.2, 0) is 12.8 Å². The van der Waals surface area contributed by atoms with E-state index in [1.165, 1.54) is 10.9 Å². The summed E-state index contributed by atoms with van der Waals surface area (Å²) in [5.74, 6) is 1.49. The van der Waals surface area contributed by atoms with E-state index in [2.05, 4.69) is 31.8 Å². The van der Waals surface area contributed by atoms with E-state index in [0.29, 0.717) is 33.6 Å². The van der Waals surface area contributed by atoms with Crippen molar-refractivity contribution < 1.29 is 9.34 Å². The first kappa shape index (κ1) is 22.0. The van der Waals surface area contributed by atoms with Crippen LogP contribution in [0.15, 0.2) is 39.7 Å². The molecule has 4 rings (SSSR count). The van der Waals surface area contributed by atoms with Gasteiger partial charge in [-0.3, -0.25) is 10.1 Å². The van der Waals surface area contributed by atoms with Crippen LogP contribution in [0.3, 0.4) is 0 Å². The van der Waals surface area contributed by atoms with Crippen molar-refractivity contribution in [3.63, 3.8) is 0 Å². The highest BCUT2D eigenvalue weighted by Gasteiger charge is 2.32. The number of furan rings is 1. The van der Waals surface area contributed by atoms with E-state index in [0.717, 1.165) is 30.4 Å². The normalized spacial score (nSPS) is 16.2. The summed E-state index contributed by atoms with van der Waals surface area (Å²) in [7, 11) is 0. The molecular weight excluding hydrogens is 422 g/mol. The number of rotatable bonds is 4. The van der Waals surface area contributed by atoms with Gasteiger partial charge in [0.05, 0.1) is 22.3 Å². The van der Waals surface area contributed by atoms with Gasteiger partial charge in [-0.2, -0.15) is 5.26 Å². The molecule has 0 unspecified atom stereocenters. The highest BCUT2D eigenvalue weighted by atomic mass is 32.1. The number of nitro benzene ring substituents is 1. The Bertz CT molecular complexity index is 1250. The van der Waals surface area contributed by atoms with Crippen molar-refractivity contribution in [2.75, 3.05) is 0 Å². The van der Waals surface area contributed by atoms with E-state index in [1.807, 2.05) is 13.0 Å². The number of nitrogens with zero attached hydrogens (tertiary/aromatic N) is 3. The van der Waals surface area contributed by atoms with Crippen LogP contribution in [0.5, 0.6) is 0 Å². The zero-order chi connectivity index (χ0) is 23.0. The molecule has 1 atom stereocenters. The number of nitro groups is 1. The second-order valence-electron chi connectivity index (χ2n) is 9.34. The van der Waals surface area contributed by atoms with E-state index < -0.39 is 4.92 Å². The molecule has 0 N–H and O–H groups in total. The lowest BCUT2D eigenvalue weighted by molar-refractivity contribution is -0.384. The first-order chi connectivity index (χ1) is 15.2. The Labute approximate surface area is 191 Å². The Hall–Kier alpha value is -3.24. The van der Waals surface area contributed by atoms with Crippen LogP contribution in [0, 0.1) is 39.7 Å². The SMILES string of the molecule is Cc1ccc(-c2ccc(C=Nc3sc4c(c3C#N)CC[C@@H](C(C)(C)C)C4)o2)c([N+](=O)[O-])c1. The fourth-order valence-electron chi connectivity index (χ4n) is 4.21. The molecule has 0 amide bonds. The molecule has 0 spiro atoms. The number of hydrogen-bond acceptors (Lipinski definition) is 6. The van der Waals surface area contributed by atoms with Crippen molar-refractivity contribution in [3.05, 3.63) is 67.8 Å². The van der Waals surface area contributed by atoms with Crippen LogP contribution >= 0.6 is 11.3 Å². The lowest BCUT2D eigenvalue weighted by Crippen LogP contribution is -2.26. The number of hydrogen-bond donors (Lipinski definition) is 0.